The zero-order chi connectivity index (χ0) is 20.3. The van der Waals surface area contributed by atoms with Crippen LogP contribution in [0.15, 0.2) is 42.5 Å². The number of carbonyl (C=O) groups excluding carboxylic acids is 1. The molecule has 1 fully saturated rings. The second-order valence-electron chi connectivity index (χ2n) is 8.44. The summed E-state index contributed by atoms with van der Waals surface area (Å²) in [6.45, 7) is 3.90. The first-order valence-corrected chi connectivity index (χ1v) is 10.2. The SMILES string of the molecule is CC(C)CC(O)C(=O)N[C@@H](Cc1ccc2ccccc2c1)C1C(O)CCC1O. The molecule has 5 nitrogen and oxygen atoms in total. The Morgan fingerprint density at radius 2 is 1.71 bits per heavy atom. The van der Waals surface area contributed by atoms with Crippen LogP contribution >= 0.6 is 0 Å². The number of carbonyl (C=O) groups is 1. The highest BCUT2D eigenvalue weighted by Crippen LogP contribution is 2.31. The first kappa shape index (κ1) is 20.8. The van der Waals surface area contributed by atoms with Gasteiger partial charge in [0.05, 0.1) is 12.2 Å². The third-order valence-corrected chi connectivity index (χ3v) is 5.71. The predicted octanol–water partition coefficient (Wildman–Crippen LogP) is 2.41. The van der Waals surface area contributed by atoms with Gasteiger partial charge in [-0.05, 0) is 47.9 Å². The molecule has 0 heterocycles. The Labute approximate surface area is 166 Å². The van der Waals surface area contributed by atoms with Crippen LogP contribution in [-0.4, -0.2) is 45.6 Å². The van der Waals surface area contributed by atoms with Gasteiger partial charge in [-0.3, -0.25) is 4.79 Å². The molecule has 0 bridgehead atoms. The minimum absolute atomic E-state index is 0.197. The third-order valence-electron chi connectivity index (χ3n) is 5.71. The summed E-state index contributed by atoms with van der Waals surface area (Å²) in [5, 5.41) is 36.1. The Kier molecular flexibility index (Phi) is 6.70. The molecule has 0 aliphatic heterocycles. The molecule has 4 N–H and O–H groups in total. The molecule has 0 spiro atoms. The number of rotatable bonds is 7. The number of hydrogen-bond acceptors (Lipinski definition) is 4. The zero-order valence-corrected chi connectivity index (χ0v) is 16.6. The van der Waals surface area contributed by atoms with Crippen LogP contribution in [0.5, 0.6) is 0 Å². The van der Waals surface area contributed by atoms with Gasteiger partial charge in [-0.2, -0.15) is 0 Å². The van der Waals surface area contributed by atoms with Gasteiger partial charge < -0.3 is 20.6 Å². The molecule has 152 valence electrons. The van der Waals surface area contributed by atoms with E-state index in [1.165, 1.54) is 0 Å². The molecule has 1 aliphatic carbocycles. The number of aliphatic hydroxyl groups excluding tert-OH is 3. The highest BCUT2D eigenvalue weighted by atomic mass is 16.3. The van der Waals surface area contributed by atoms with Crippen LogP contribution in [-0.2, 0) is 11.2 Å². The van der Waals surface area contributed by atoms with Crippen molar-refractivity contribution in [3.63, 3.8) is 0 Å². The Morgan fingerprint density at radius 1 is 1.07 bits per heavy atom. The minimum atomic E-state index is -1.09. The summed E-state index contributed by atoms with van der Waals surface area (Å²) in [4.78, 5) is 12.5. The lowest BCUT2D eigenvalue weighted by atomic mass is 9.88. The second kappa shape index (κ2) is 9.03. The first-order valence-electron chi connectivity index (χ1n) is 10.2. The average molecular weight is 386 g/mol. The van der Waals surface area contributed by atoms with E-state index in [4.69, 9.17) is 0 Å². The van der Waals surface area contributed by atoms with E-state index in [2.05, 4.69) is 11.4 Å². The molecule has 28 heavy (non-hydrogen) atoms. The van der Waals surface area contributed by atoms with Crippen molar-refractivity contribution in [2.75, 3.05) is 0 Å². The Balaban J connectivity index is 1.81. The highest BCUT2D eigenvalue weighted by Gasteiger charge is 2.40. The number of benzene rings is 2. The third kappa shape index (κ3) is 4.90. The normalized spacial score (nSPS) is 24.4. The van der Waals surface area contributed by atoms with E-state index >= 15 is 0 Å². The van der Waals surface area contributed by atoms with Crippen LogP contribution in [0, 0.1) is 11.8 Å². The van der Waals surface area contributed by atoms with Crippen molar-refractivity contribution in [1.82, 2.24) is 5.32 Å². The van der Waals surface area contributed by atoms with Crippen LogP contribution < -0.4 is 5.32 Å². The molecule has 1 saturated carbocycles. The molecule has 4 atom stereocenters. The summed E-state index contributed by atoms with van der Waals surface area (Å²) in [6, 6.07) is 13.8. The molecule has 3 rings (SSSR count). The van der Waals surface area contributed by atoms with Crippen molar-refractivity contribution in [1.29, 1.82) is 0 Å². The van der Waals surface area contributed by atoms with Gasteiger partial charge in [0.2, 0.25) is 5.91 Å². The second-order valence-corrected chi connectivity index (χ2v) is 8.44. The van der Waals surface area contributed by atoms with Gasteiger partial charge in [0.15, 0.2) is 0 Å². The van der Waals surface area contributed by atoms with E-state index in [0.29, 0.717) is 25.7 Å². The number of amides is 1. The van der Waals surface area contributed by atoms with Crippen LogP contribution in [0.1, 0.15) is 38.7 Å². The van der Waals surface area contributed by atoms with Crippen molar-refractivity contribution in [2.24, 2.45) is 11.8 Å². The summed E-state index contributed by atoms with van der Waals surface area (Å²) in [5.74, 6) is -0.685. The van der Waals surface area contributed by atoms with Crippen LogP contribution in [0.4, 0.5) is 0 Å². The zero-order valence-electron chi connectivity index (χ0n) is 16.6. The fraction of sp³-hybridized carbons (Fsp3) is 0.522. The van der Waals surface area contributed by atoms with Crippen LogP contribution in [0.3, 0.4) is 0 Å². The molecular weight excluding hydrogens is 354 g/mol. The highest BCUT2D eigenvalue weighted by molar-refractivity contribution is 5.83. The summed E-state index contributed by atoms with van der Waals surface area (Å²) in [7, 11) is 0. The number of nitrogens with one attached hydrogen (secondary N) is 1. The molecule has 0 saturated heterocycles. The van der Waals surface area contributed by atoms with E-state index in [1.54, 1.807) is 0 Å². The van der Waals surface area contributed by atoms with E-state index in [0.717, 1.165) is 16.3 Å². The van der Waals surface area contributed by atoms with E-state index in [-0.39, 0.29) is 5.92 Å². The summed E-state index contributed by atoms with van der Waals surface area (Å²) >= 11 is 0. The number of fused-ring (bicyclic) bond motifs is 1. The monoisotopic (exact) mass is 385 g/mol. The van der Waals surface area contributed by atoms with Gasteiger partial charge >= 0.3 is 0 Å². The quantitative estimate of drug-likeness (QED) is 0.589. The average Bonchev–Trinajstić information content (AvgIpc) is 2.98. The Bertz CT molecular complexity index is 796. The maximum absolute atomic E-state index is 12.5. The van der Waals surface area contributed by atoms with Gasteiger partial charge in [-0.25, -0.2) is 0 Å². The van der Waals surface area contributed by atoms with Crippen molar-refractivity contribution in [3.8, 4) is 0 Å². The van der Waals surface area contributed by atoms with Gasteiger partial charge in [-0.15, -0.1) is 0 Å². The molecule has 1 amide bonds. The molecule has 5 heteroatoms. The minimum Gasteiger partial charge on any atom is -0.393 e. The van der Waals surface area contributed by atoms with E-state index in [9.17, 15) is 20.1 Å². The number of hydrogen-bond donors (Lipinski definition) is 4. The molecule has 1 aliphatic rings. The molecule has 3 unspecified atom stereocenters. The van der Waals surface area contributed by atoms with E-state index < -0.39 is 36.2 Å². The molecule has 0 radical (unpaired) electrons. The van der Waals surface area contributed by atoms with Crippen LogP contribution in [0.25, 0.3) is 10.8 Å². The smallest absolute Gasteiger partial charge is 0.249 e. The largest absolute Gasteiger partial charge is 0.393 e. The predicted molar refractivity (Wildman–Crippen MR) is 110 cm³/mol. The van der Waals surface area contributed by atoms with Crippen LogP contribution in [0.2, 0.25) is 0 Å². The van der Waals surface area contributed by atoms with Crippen molar-refractivity contribution >= 4 is 16.7 Å². The topological polar surface area (TPSA) is 89.8 Å². The summed E-state index contributed by atoms with van der Waals surface area (Å²) in [6.07, 6.45) is -0.510. The van der Waals surface area contributed by atoms with Crippen molar-refractivity contribution in [3.05, 3.63) is 48.0 Å². The Morgan fingerprint density at radius 3 is 2.36 bits per heavy atom. The Hall–Kier alpha value is -1.95. The van der Waals surface area contributed by atoms with Crippen molar-refractivity contribution < 1.29 is 20.1 Å². The fourth-order valence-corrected chi connectivity index (χ4v) is 4.25. The molecular formula is C23H31NO4. The summed E-state index contributed by atoms with van der Waals surface area (Å²) < 4.78 is 0. The maximum atomic E-state index is 12.5. The number of aliphatic hydroxyl groups is 3. The van der Waals surface area contributed by atoms with E-state index in [1.807, 2.05) is 50.2 Å². The lowest BCUT2D eigenvalue weighted by Gasteiger charge is -2.30. The van der Waals surface area contributed by atoms with Gasteiger partial charge in [-0.1, -0.05) is 56.3 Å². The lowest BCUT2D eigenvalue weighted by Crippen LogP contribution is -2.50. The standard InChI is InChI=1S/C23H31NO4/c1-14(2)11-21(27)23(28)24-18(22-19(25)9-10-20(22)26)13-15-7-8-16-5-3-4-6-17(16)12-15/h3-8,12,14,18-22,25-27H,9-11,13H2,1-2H3,(H,24,28)/t18-,19?,20?,21?,22?/m0/s1. The fourth-order valence-electron chi connectivity index (χ4n) is 4.25. The first-order chi connectivity index (χ1) is 13.3. The molecule has 0 aromatic heterocycles. The van der Waals surface area contributed by atoms with Crippen molar-refractivity contribution in [2.45, 2.75) is 63.9 Å². The molecule has 2 aromatic rings. The van der Waals surface area contributed by atoms with Gasteiger partial charge in [0.1, 0.15) is 6.10 Å². The maximum Gasteiger partial charge on any atom is 0.249 e. The van der Waals surface area contributed by atoms with Gasteiger partial charge in [0, 0.05) is 12.0 Å². The lowest BCUT2D eigenvalue weighted by molar-refractivity contribution is -0.131. The molecule has 2 aromatic carbocycles. The summed E-state index contributed by atoms with van der Waals surface area (Å²) in [5.41, 5.74) is 1.02. The van der Waals surface area contributed by atoms with Gasteiger partial charge in [0.25, 0.3) is 0 Å².